The second-order valence-electron chi connectivity index (χ2n) is 7.44. The summed E-state index contributed by atoms with van der Waals surface area (Å²) in [6.45, 7) is 2.43. The number of thiazole rings is 1. The van der Waals surface area contributed by atoms with Gasteiger partial charge in [-0.2, -0.15) is 5.10 Å². The van der Waals surface area contributed by atoms with Gasteiger partial charge in [-0.05, 0) is 48.9 Å². The fourth-order valence-electron chi connectivity index (χ4n) is 3.65. The number of aryl methyl sites for hydroxylation is 1. The van der Waals surface area contributed by atoms with Crippen LogP contribution in [0, 0.1) is 0 Å². The fourth-order valence-corrected chi connectivity index (χ4v) is 4.62. The van der Waals surface area contributed by atoms with Crippen LogP contribution in [0.25, 0.3) is 31.6 Å². The molecule has 3 aromatic carbocycles. The molecule has 0 radical (unpaired) electrons. The average molecular weight is 441 g/mol. The first-order chi connectivity index (χ1) is 15.6. The van der Waals surface area contributed by atoms with Gasteiger partial charge in [0.2, 0.25) is 0 Å². The monoisotopic (exact) mass is 440 g/mol. The van der Waals surface area contributed by atoms with E-state index in [0.717, 1.165) is 27.2 Å². The molecule has 0 unspecified atom stereocenters. The summed E-state index contributed by atoms with van der Waals surface area (Å²) < 4.78 is 2.51. The van der Waals surface area contributed by atoms with Crippen molar-refractivity contribution in [3.8, 4) is 10.6 Å². The van der Waals surface area contributed by atoms with Crippen molar-refractivity contribution in [3.63, 3.8) is 0 Å². The number of rotatable bonds is 5. The molecular weight excluding hydrogens is 420 g/mol. The number of carbonyl (C=O) groups is 1. The third-order valence-corrected chi connectivity index (χ3v) is 6.29. The van der Waals surface area contributed by atoms with Crippen LogP contribution in [0.15, 0.2) is 77.6 Å². The van der Waals surface area contributed by atoms with Crippen molar-refractivity contribution >= 4 is 43.9 Å². The molecular formula is C25H20N4O2S. The first-order valence-electron chi connectivity index (χ1n) is 10.4. The zero-order chi connectivity index (χ0) is 22.1. The summed E-state index contributed by atoms with van der Waals surface area (Å²) in [6, 6.07) is 22.7. The van der Waals surface area contributed by atoms with Gasteiger partial charge in [0, 0.05) is 23.2 Å². The SMILES string of the molecule is CCCn1nc(C(=O)Nc2ccc(-c3nc4ccccc4s3)cc2)c2ccccc2c1=O. The number of hydrogen-bond donors (Lipinski definition) is 1. The first-order valence-corrected chi connectivity index (χ1v) is 11.2. The molecule has 0 aliphatic carbocycles. The van der Waals surface area contributed by atoms with Crippen molar-refractivity contribution in [1.29, 1.82) is 0 Å². The lowest BCUT2D eigenvalue weighted by atomic mass is 10.1. The van der Waals surface area contributed by atoms with E-state index in [-0.39, 0.29) is 17.2 Å². The van der Waals surface area contributed by atoms with E-state index in [1.807, 2.05) is 49.4 Å². The number of aromatic nitrogens is 3. The van der Waals surface area contributed by atoms with E-state index in [0.29, 0.717) is 23.0 Å². The second kappa shape index (κ2) is 8.36. The Morgan fingerprint density at radius 2 is 1.69 bits per heavy atom. The first kappa shape index (κ1) is 20.1. The van der Waals surface area contributed by atoms with Crippen molar-refractivity contribution in [2.75, 3.05) is 5.32 Å². The predicted octanol–water partition coefficient (Wildman–Crippen LogP) is 5.34. The molecule has 6 nitrogen and oxygen atoms in total. The molecule has 2 heterocycles. The van der Waals surface area contributed by atoms with Crippen molar-refractivity contribution in [2.45, 2.75) is 19.9 Å². The number of anilines is 1. The van der Waals surface area contributed by atoms with Crippen LogP contribution in [0.4, 0.5) is 5.69 Å². The highest BCUT2D eigenvalue weighted by molar-refractivity contribution is 7.21. The molecule has 2 aromatic heterocycles. The summed E-state index contributed by atoms with van der Waals surface area (Å²) in [6.07, 6.45) is 0.750. The molecule has 0 atom stereocenters. The Hall–Kier alpha value is -3.84. The summed E-state index contributed by atoms with van der Waals surface area (Å²) in [7, 11) is 0. The van der Waals surface area contributed by atoms with E-state index < -0.39 is 0 Å². The van der Waals surface area contributed by atoms with E-state index in [1.54, 1.807) is 35.6 Å². The van der Waals surface area contributed by atoms with Crippen LogP contribution in [0.2, 0.25) is 0 Å². The third kappa shape index (κ3) is 3.67. The molecule has 5 aromatic rings. The molecule has 0 spiro atoms. The molecule has 0 fully saturated rings. The smallest absolute Gasteiger partial charge is 0.276 e. The Morgan fingerprint density at radius 3 is 2.44 bits per heavy atom. The van der Waals surface area contributed by atoms with Gasteiger partial charge in [-0.3, -0.25) is 9.59 Å². The van der Waals surface area contributed by atoms with Crippen molar-refractivity contribution in [3.05, 3.63) is 88.8 Å². The normalized spacial score (nSPS) is 11.2. The largest absolute Gasteiger partial charge is 0.321 e. The quantitative estimate of drug-likeness (QED) is 0.400. The minimum Gasteiger partial charge on any atom is -0.321 e. The molecule has 5 rings (SSSR count). The lowest BCUT2D eigenvalue weighted by Gasteiger charge is -2.11. The predicted molar refractivity (Wildman–Crippen MR) is 129 cm³/mol. The van der Waals surface area contributed by atoms with Crippen LogP contribution in [0.1, 0.15) is 23.8 Å². The maximum atomic E-state index is 13.1. The number of carbonyl (C=O) groups excluding carboxylic acids is 1. The van der Waals surface area contributed by atoms with Crippen LogP contribution < -0.4 is 10.9 Å². The van der Waals surface area contributed by atoms with Crippen molar-refractivity contribution in [2.24, 2.45) is 0 Å². The summed E-state index contributed by atoms with van der Waals surface area (Å²) in [5.74, 6) is -0.348. The lowest BCUT2D eigenvalue weighted by Crippen LogP contribution is -2.27. The van der Waals surface area contributed by atoms with Gasteiger partial charge in [-0.15, -0.1) is 11.3 Å². The van der Waals surface area contributed by atoms with Gasteiger partial charge in [-0.25, -0.2) is 9.67 Å². The molecule has 0 saturated heterocycles. The van der Waals surface area contributed by atoms with Gasteiger partial charge in [0.05, 0.1) is 15.6 Å². The number of para-hydroxylation sites is 1. The molecule has 0 aliphatic heterocycles. The highest BCUT2D eigenvalue weighted by Crippen LogP contribution is 2.30. The van der Waals surface area contributed by atoms with Gasteiger partial charge in [0.25, 0.3) is 11.5 Å². The van der Waals surface area contributed by atoms with E-state index in [1.165, 1.54) is 4.68 Å². The number of nitrogens with one attached hydrogen (secondary N) is 1. The molecule has 0 saturated carbocycles. The maximum absolute atomic E-state index is 13.1. The molecule has 0 bridgehead atoms. The van der Waals surface area contributed by atoms with E-state index in [9.17, 15) is 9.59 Å². The standard InChI is InChI=1S/C25H20N4O2S/c1-2-15-29-25(31)19-8-4-3-7-18(19)22(28-29)23(30)26-17-13-11-16(12-14-17)24-27-20-9-5-6-10-21(20)32-24/h3-14H,2,15H2,1H3,(H,26,30). The Balaban J connectivity index is 1.44. The average Bonchev–Trinajstić information content (AvgIpc) is 3.26. The molecule has 158 valence electrons. The summed E-state index contributed by atoms with van der Waals surface area (Å²) in [5.41, 5.74) is 2.68. The zero-order valence-electron chi connectivity index (χ0n) is 17.4. The van der Waals surface area contributed by atoms with Gasteiger partial charge in [0.15, 0.2) is 5.69 Å². The number of amides is 1. The third-order valence-electron chi connectivity index (χ3n) is 5.20. The highest BCUT2D eigenvalue weighted by Gasteiger charge is 2.17. The minimum absolute atomic E-state index is 0.181. The lowest BCUT2D eigenvalue weighted by molar-refractivity contribution is 0.102. The molecule has 1 N–H and O–H groups in total. The number of fused-ring (bicyclic) bond motifs is 2. The number of nitrogens with zero attached hydrogens (tertiary/aromatic N) is 3. The summed E-state index contributed by atoms with van der Waals surface area (Å²) >= 11 is 1.64. The minimum atomic E-state index is -0.348. The second-order valence-corrected chi connectivity index (χ2v) is 8.47. The fraction of sp³-hybridized carbons (Fsp3) is 0.120. The Morgan fingerprint density at radius 1 is 0.969 bits per heavy atom. The summed E-state index contributed by atoms with van der Waals surface area (Å²) in [4.78, 5) is 30.4. The van der Waals surface area contributed by atoms with Gasteiger partial charge in [-0.1, -0.05) is 37.3 Å². The maximum Gasteiger partial charge on any atom is 0.276 e. The molecule has 1 amide bonds. The van der Waals surface area contributed by atoms with Crippen LogP contribution in [0.5, 0.6) is 0 Å². The Labute approximate surface area is 188 Å². The molecule has 32 heavy (non-hydrogen) atoms. The van der Waals surface area contributed by atoms with Gasteiger partial charge >= 0.3 is 0 Å². The van der Waals surface area contributed by atoms with E-state index >= 15 is 0 Å². The number of hydrogen-bond acceptors (Lipinski definition) is 5. The highest BCUT2D eigenvalue weighted by atomic mass is 32.1. The van der Waals surface area contributed by atoms with E-state index in [2.05, 4.69) is 21.5 Å². The zero-order valence-corrected chi connectivity index (χ0v) is 18.2. The molecule has 7 heteroatoms. The van der Waals surface area contributed by atoms with Crippen LogP contribution in [-0.2, 0) is 6.54 Å². The molecule has 0 aliphatic rings. The van der Waals surface area contributed by atoms with Gasteiger partial charge in [0.1, 0.15) is 5.01 Å². The van der Waals surface area contributed by atoms with Crippen LogP contribution in [0.3, 0.4) is 0 Å². The van der Waals surface area contributed by atoms with Crippen molar-refractivity contribution in [1.82, 2.24) is 14.8 Å². The van der Waals surface area contributed by atoms with Crippen LogP contribution >= 0.6 is 11.3 Å². The van der Waals surface area contributed by atoms with E-state index in [4.69, 9.17) is 0 Å². The van der Waals surface area contributed by atoms with Crippen molar-refractivity contribution < 1.29 is 4.79 Å². The van der Waals surface area contributed by atoms with Crippen LogP contribution in [-0.4, -0.2) is 20.7 Å². The Bertz CT molecular complexity index is 1470. The number of benzene rings is 3. The summed E-state index contributed by atoms with van der Waals surface area (Å²) in [5, 5.41) is 9.25. The van der Waals surface area contributed by atoms with Gasteiger partial charge < -0.3 is 5.32 Å². The Kier molecular flexibility index (Phi) is 5.25. The topological polar surface area (TPSA) is 76.9 Å².